The second kappa shape index (κ2) is 9.36. The predicted octanol–water partition coefficient (Wildman–Crippen LogP) is 3.00. The molecule has 1 aliphatic carbocycles. The highest BCUT2D eigenvalue weighted by molar-refractivity contribution is 5.81. The van der Waals surface area contributed by atoms with E-state index in [0.717, 1.165) is 31.2 Å². The molecule has 0 spiro atoms. The van der Waals surface area contributed by atoms with Gasteiger partial charge in [-0.25, -0.2) is 0 Å². The number of carbonyl (C=O) groups is 2. The van der Waals surface area contributed by atoms with Crippen LogP contribution in [0.1, 0.15) is 56.6 Å². The van der Waals surface area contributed by atoms with Crippen molar-refractivity contribution in [3.05, 3.63) is 35.9 Å². The Morgan fingerprint density at radius 1 is 1.07 bits per heavy atom. The van der Waals surface area contributed by atoms with Gasteiger partial charge in [-0.05, 0) is 37.7 Å². The molecule has 1 saturated heterocycles. The van der Waals surface area contributed by atoms with Crippen LogP contribution in [0.25, 0.3) is 0 Å². The summed E-state index contributed by atoms with van der Waals surface area (Å²) in [7, 11) is 1.82. The lowest BCUT2D eigenvalue weighted by atomic mass is 9.94. The van der Waals surface area contributed by atoms with Crippen LogP contribution in [-0.2, 0) is 9.59 Å². The maximum Gasteiger partial charge on any atom is 0.225 e. The molecule has 1 N–H and O–H groups in total. The Hall–Kier alpha value is -1.88. The number of hydrogen-bond donors (Lipinski definition) is 1. The molecular formula is C22H32N2O3. The number of piperidine rings is 1. The molecule has 2 amide bonds. The molecule has 27 heavy (non-hydrogen) atoms. The molecule has 148 valence electrons. The molecule has 0 radical (unpaired) electrons. The molecule has 2 fully saturated rings. The van der Waals surface area contributed by atoms with Crippen LogP contribution in [0.15, 0.2) is 30.3 Å². The Morgan fingerprint density at radius 2 is 1.70 bits per heavy atom. The highest BCUT2D eigenvalue weighted by Gasteiger charge is 2.32. The number of aliphatic hydroxyl groups is 1. The van der Waals surface area contributed by atoms with E-state index in [0.29, 0.717) is 32.0 Å². The lowest BCUT2D eigenvalue weighted by Gasteiger charge is -2.34. The molecule has 1 atom stereocenters. The zero-order chi connectivity index (χ0) is 19.2. The molecule has 0 unspecified atom stereocenters. The normalized spacial score (nSPS) is 19.9. The Labute approximate surface area is 162 Å². The molecule has 1 aromatic rings. The van der Waals surface area contributed by atoms with Crippen molar-refractivity contribution in [2.45, 2.75) is 51.0 Å². The van der Waals surface area contributed by atoms with Gasteiger partial charge in [-0.3, -0.25) is 9.59 Å². The molecule has 1 heterocycles. The maximum absolute atomic E-state index is 12.7. The summed E-state index contributed by atoms with van der Waals surface area (Å²) in [5, 5.41) is 10.3. The average Bonchev–Trinajstić information content (AvgIpc) is 3.26. The van der Waals surface area contributed by atoms with Crippen LogP contribution < -0.4 is 0 Å². The smallest absolute Gasteiger partial charge is 0.225 e. The Kier molecular flexibility index (Phi) is 6.89. The first kappa shape index (κ1) is 19.9. The molecule has 5 heteroatoms. The third-order valence-corrected chi connectivity index (χ3v) is 6.16. The molecule has 1 aromatic carbocycles. The van der Waals surface area contributed by atoms with Crippen LogP contribution in [-0.4, -0.2) is 53.4 Å². The summed E-state index contributed by atoms with van der Waals surface area (Å²) in [4.78, 5) is 29.0. The first-order valence-corrected chi connectivity index (χ1v) is 10.3. The van der Waals surface area contributed by atoms with Gasteiger partial charge in [0.05, 0.1) is 6.10 Å². The van der Waals surface area contributed by atoms with Crippen LogP contribution in [0.4, 0.5) is 0 Å². The van der Waals surface area contributed by atoms with Crippen molar-refractivity contribution in [3.63, 3.8) is 0 Å². The number of benzene rings is 1. The SMILES string of the molecule is CN(CC[C@H](O)c1ccccc1)C(=O)C1CCN(C(=O)C2CCCC2)CC1. The summed E-state index contributed by atoms with van der Waals surface area (Å²) in [5.41, 5.74) is 0.886. The molecular weight excluding hydrogens is 340 g/mol. The number of nitrogens with zero attached hydrogens (tertiary/aromatic N) is 2. The first-order valence-electron chi connectivity index (χ1n) is 10.3. The van der Waals surface area contributed by atoms with E-state index in [1.807, 2.05) is 42.3 Å². The largest absolute Gasteiger partial charge is 0.388 e. The fourth-order valence-electron chi connectivity index (χ4n) is 4.36. The van der Waals surface area contributed by atoms with Crippen molar-refractivity contribution in [1.82, 2.24) is 9.80 Å². The van der Waals surface area contributed by atoms with Gasteiger partial charge < -0.3 is 14.9 Å². The second-order valence-electron chi connectivity index (χ2n) is 8.06. The zero-order valence-electron chi connectivity index (χ0n) is 16.3. The lowest BCUT2D eigenvalue weighted by Crippen LogP contribution is -2.45. The van der Waals surface area contributed by atoms with Gasteiger partial charge in [0, 0.05) is 38.5 Å². The van der Waals surface area contributed by atoms with E-state index in [-0.39, 0.29) is 17.7 Å². The minimum Gasteiger partial charge on any atom is -0.388 e. The van der Waals surface area contributed by atoms with Crippen molar-refractivity contribution in [3.8, 4) is 0 Å². The molecule has 5 nitrogen and oxygen atoms in total. The van der Waals surface area contributed by atoms with Crippen LogP contribution in [0.2, 0.25) is 0 Å². The molecule has 3 rings (SSSR count). The topological polar surface area (TPSA) is 60.9 Å². The summed E-state index contributed by atoms with van der Waals surface area (Å²) in [6.45, 7) is 1.94. The fourth-order valence-corrected chi connectivity index (χ4v) is 4.36. The van der Waals surface area contributed by atoms with Crippen molar-refractivity contribution in [2.24, 2.45) is 11.8 Å². The zero-order valence-corrected chi connectivity index (χ0v) is 16.3. The van der Waals surface area contributed by atoms with E-state index in [9.17, 15) is 14.7 Å². The van der Waals surface area contributed by atoms with Crippen molar-refractivity contribution in [2.75, 3.05) is 26.7 Å². The third-order valence-electron chi connectivity index (χ3n) is 6.16. The van der Waals surface area contributed by atoms with E-state index in [2.05, 4.69) is 0 Å². The summed E-state index contributed by atoms with van der Waals surface area (Å²) in [6.07, 6.45) is 5.90. The van der Waals surface area contributed by atoms with Crippen LogP contribution >= 0.6 is 0 Å². The van der Waals surface area contributed by atoms with Gasteiger partial charge >= 0.3 is 0 Å². The number of amides is 2. The monoisotopic (exact) mass is 372 g/mol. The minimum absolute atomic E-state index is 0.00324. The van der Waals surface area contributed by atoms with Gasteiger partial charge in [0.1, 0.15) is 0 Å². The van der Waals surface area contributed by atoms with Crippen molar-refractivity contribution in [1.29, 1.82) is 0 Å². The number of carbonyl (C=O) groups excluding carboxylic acids is 2. The van der Waals surface area contributed by atoms with E-state index in [1.54, 1.807) is 4.90 Å². The van der Waals surface area contributed by atoms with Crippen molar-refractivity contribution < 1.29 is 14.7 Å². The predicted molar refractivity (Wildman–Crippen MR) is 105 cm³/mol. The first-order chi connectivity index (χ1) is 13.1. The molecule has 0 bridgehead atoms. The standard InChI is InChI=1S/C22H32N2O3/c1-23(14-13-20(25)17-7-3-2-4-8-17)21(26)19-11-15-24(16-12-19)22(27)18-9-5-6-10-18/h2-4,7-8,18-20,25H,5-6,9-16H2,1H3/t20-/m0/s1. The quantitative estimate of drug-likeness (QED) is 0.835. The molecule has 0 aromatic heterocycles. The highest BCUT2D eigenvalue weighted by Crippen LogP contribution is 2.29. The van der Waals surface area contributed by atoms with Crippen LogP contribution in [0.3, 0.4) is 0 Å². The molecule has 1 aliphatic heterocycles. The molecule has 2 aliphatic rings. The van der Waals surface area contributed by atoms with E-state index in [4.69, 9.17) is 0 Å². The number of hydrogen-bond acceptors (Lipinski definition) is 3. The Bertz CT molecular complexity index is 620. The van der Waals surface area contributed by atoms with E-state index >= 15 is 0 Å². The summed E-state index contributed by atoms with van der Waals surface area (Å²) < 4.78 is 0. The third kappa shape index (κ3) is 5.10. The number of rotatable bonds is 6. The van der Waals surface area contributed by atoms with E-state index < -0.39 is 6.10 Å². The summed E-state index contributed by atoms with van der Waals surface area (Å²) in [6, 6.07) is 9.56. The lowest BCUT2D eigenvalue weighted by molar-refractivity contribution is -0.142. The van der Waals surface area contributed by atoms with Crippen LogP contribution in [0, 0.1) is 11.8 Å². The minimum atomic E-state index is -0.549. The summed E-state index contributed by atoms with van der Waals surface area (Å²) >= 11 is 0. The van der Waals surface area contributed by atoms with Gasteiger partial charge in [-0.2, -0.15) is 0 Å². The van der Waals surface area contributed by atoms with E-state index in [1.165, 1.54) is 12.8 Å². The molecule has 1 saturated carbocycles. The average molecular weight is 373 g/mol. The second-order valence-corrected chi connectivity index (χ2v) is 8.06. The summed E-state index contributed by atoms with van der Waals surface area (Å²) in [5.74, 6) is 0.664. The van der Waals surface area contributed by atoms with Gasteiger partial charge in [0.25, 0.3) is 0 Å². The van der Waals surface area contributed by atoms with Gasteiger partial charge in [0.2, 0.25) is 11.8 Å². The number of likely N-dealkylation sites (tertiary alicyclic amines) is 1. The maximum atomic E-state index is 12.7. The number of aliphatic hydroxyl groups excluding tert-OH is 1. The highest BCUT2D eigenvalue weighted by atomic mass is 16.3. The van der Waals surface area contributed by atoms with Crippen molar-refractivity contribution >= 4 is 11.8 Å². The fraction of sp³-hybridized carbons (Fsp3) is 0.636. The van der Waals surface area contributed by atoms with Gasteiger partial charge in [-0.1, -0.05) is 43.2 Å². The van der Waals surface area contributed by atoms with Gasteiger partial charge in [0.15, 0.2) is 0 Å². The van der Waals surface area contributed by atoms with Gasteiger partial charge in [-0.15, -0.1) is 0 Å². The van der Waals surface area contributed by atoms with Crippen LogP contribution in [0.5, 0.6) is 0 Å². The Morgan fingerprint density at radius 3 is 2.33 bits per heavy atom. The Balaban J connectivity index is 1.42.